The zero-order valence-corrected chi connectivity index (χ0v) is 48.0. The van der Waals surface area contributed by atoms with Gasteiger partial charge in [-0.25, -0.2) is 0 Å². The van der Waals surface area contributed by atoms with Gasteiger partial charge < -0.3 is 46.6 Å². The van der Waals surface area contributed by atoms with Crippen LogP contribution < -0.4 is 16.4 Å². The smallest absolute Gasteiger partial charge is 0.160 e. The van der Waals surface area contributed by atoms with Gasteiger partial charge in [0.2, 0.25) is 0 Å². The minimum atomic E-state index is -0.943. The van der Waals surface area contributed by atoms with Gasteiger partial charge in [-0.3, -0.25) is 9.59 Å². The minimum absolute atomic E-state index is 0.0203. The summed E-state index contributed by atoms with van der Waals surface area (Å²) in [5.74, 6) is 1.40. The first-order valence-corrected chi connectivity index (χ1v) is 31.5. The summed E-state index contributed by atoms with van der Waals surface area (Å²) in [6.07, 6.45) is 17.9. The number of nitrogens with two attached hydrogens (primary N) is 1. The van der Waals surface area contributed by atoms with Gasteiger partial charge in [0.05, 0.1) is 17.3 Å². The van der Waals surface area contributed by atoms with Crippen LogP contribution in [0, 0.1) is 74.9 Å². The van der Waals surface area contributed by atoms with E-state index in [-0.39, 0.29) is 95.4 Å². The number of ether oxygens (including phenoxy) is 1. The second kappa shape index (κ2) is 20.6. The molecule has 4 bridgehead atoms. The number of hydrogen-bond acceptors (Lipinski definition) is 11. The molecule has 2 aliphatic heterocycles. The van der Waals surface area contributed by atoms with E-state index in [1.807, 2.05) is 38.2 Å². The zero-order chi connectivity index (χ0) is 54.7. The normalized spacial score (nSPS) is 45.1. The number of phenols is 1. The van der Waals surface area contributed by atoms with Gasteiger partial charge in [0.15, 0.2) is 5.78 Å². The monoisotopic (exact) mass is 1070 g/mol. The summed E-state index contributed by atoms with van der Waals surface area (Å²) in [6, 6.07) is 14.0. The van der Waals surface area contributed by atoms with Gasteiger partial charge in [-0.15, -0.1) is 0 Å². The van der Waals surface area contributed by atoms with Gasteiger partial charge in [-0.05, 0) is 240 Å². The lowest BCUT2D eigenvalue weighted by Crippen LogP contribution is -2.74. The van der Waals surface area contributed by atoms with E-state index in [0.717, 1.165) is 138 Å². The number of benzene rings is 2. The van der Waals surface area contributed by atoms with Gasteiger partial charge in [-0.2, -0.15) is 0 Å². The molecule has 78 heavy (non-hydrogen) atoms. The Morgan fingerprint density at radius 2 is 1.64 bits per heavy atom. The lowest BCUT2D eigenvalue weighted by Gasteiger charge is -2.75. The van der Waals surface area contributed by atoms with Gasteiger partial charge in [-0.1, -0.05) is 69.7 Å². The van der Waals surface area contributed by atoms with Crippen molar-refractivity contribution in [2.75, 3.05) is 32.5 Å². The first-order chi connectivity index (χ1) is 37.4. The van der Waals surface area contributed by atoms with Gasteiger partial charge in [0.1, 0.15) is 17.6 Å². The molecule has 0 radical (unpaired) electrons. The summed E-state index contributed by atoms with van der Waals surface area (Å²) < 4.78 is 6.82. The first-order valence-electron chi connectivity index (χ1n) is 31.5. The lowest BCUT2D eigenvalue weighted by molar-refractivity contribution is -0.247. The Morgan fingerprint density at radius 1 is 0.859 bits per heavy atom. The molecular weight excluding hydrogens is 975 g/mol. The summed E-state index contributed by atoms with van der Waals surface area (Å²) in [4.78, 5) is 32.3. The number of nitrogen functional groups attached to an aromatic ring is 1. The SMILES string of the molecule is CNCc1cc(O)cc(C2CC3(C4CCCC4)C4C(CC56C(CO)CCC7CCC(CO)CC7C(CC(O)C7OC7(C)C7CCCC7c7cccc(N)c7)C7=C(CCC35)C6(C)CC7=O)NCC(C)(O)CCCCC4(C)C2=O)c1. The fourth-order valence-corrected chi connectivity index (χ4v) is 22.2. The lowest BCUT2D eigenvalue weighted by atomic mass is 9.29. The van der Waals surface area contributed by atoms with Crippen LogP contribution in [-0.4, -0.2) is 93.4 Å². The van der Waals surface area contributed by atoms with Gasteiger partial charge in [0.25, 0.3) is 0 Å². The molecule has 428 valence electrons. The van der Waals surface area contributed by atoms with Crippen LogP contribution in [0.1, 0.15) is 197 Å². The third kappa shape index (κ3) is 8.70. The zero-order valence-electron chi connectivity index (χ0n) is 48.0. The largest absolute Gasteiger partial charge is 0.508 e. The topological polar surface area (TPSA) is 198 Å². The molecule has 0 aromatic heterocycles. The molecule has 12 rings (SSSR count). The molecule has 19 unspecified atom stereocenters. The molecule has 19 atom stereocenters. The molecule has 10 aliphatic rings. The number of fused-ring (bicyclic) bond motifs is 2. The molecule has 6 saturated carbocycles. The molecule has 0 amide bonds. The fourth-order valence-electron chi connectivity index (χ4n) is 22.2. The molecule has 9 N–H and O–H groups in total. The quantitative estimate of drug-likeness (QED) is 0.0787. The van der Waals surface area contributed by atoms with Crippen LogP contribution in [0.3, 0.4) is 0 Å². The summed E-state index contributed by atoms with van der Waals surface area (Å²) >= 11 is 0. The number of aliphatic hydroxyl groups is 4. The van der Waals surface area contributed by atoms with Crippen molar-refractivity contribution in [3.63, 3.8) is 0 Å². The summed E-state index contributed by atoms with van der Waals surface area (Å²) in [7, 11) is 1.92. The molecule has 8 aliphatic carbocycles. The summed E-state index contributed by atoms with van der Waals surface area (Å²) in [5, 5.41) is 67.4. The number of ketones is 2. The van der Waals surface area contributed by atoms with Crippen LogP contribution in [0.2, 0.25) is 0 Å². The van der Waals surface area contributed by atoms with E-state index in [1.54, 1.807) is 0 Å². The van der Waals surface area contributed by atoms with E-state index in [1.165, 1.54) is 11.1 Å². The van der Waals surface area contributed by atoms with E-state index in [9.17, 15) is 25.5 Å². The van der Waals surface area contributed by atoms with E-state index in [2.05, 4.69) is 49.6 Å². The summed E-state index contributed by atoms with van der Waals surface area (Å²) in [5.41, 5.74) is 8.82. The predicted molar refractivity (Wildman–Crippen MR) is 304 cm³/mol. The average molecular weight is 1070 g/mol. The highest BCUT2D eigenvalue weighted by atomic mass is 16.6. The Bertz CT molecular complexity index is 2630. The van der Waals surface area contributed by atoms with Crippen molar-refractivity contribution >= 4 is 17.3 Å². The number of phenolic OH excluding ortho intramolecular Hbond substituents is 1. The predicted octanol–water partition coefficient (Wildman–Crippen LogP) is 10.4. The van der Waals surface area contributed by atoms with Crippen LogP contribution >= 0.6 is 0 Å². The van der Waals surface area contributed by atoms with Crippen molar-refractivity contribution in [2.45, 2.75) is 217 Å². The molecule has 2 aromatic rings. The van der Waals surface area contributed by atoms with Crippen molar-refractivity contribution in [3.8, 4) is 5.75 Å². The van der Waals surface area contributed by atoms with Gasteiger partial charge >= 0.3 is 0 Å². The highest BCUT2D eigenvalue weighted by Crippen LogP contribution is 2.80. The number of rotatable bonds is 11. The Morgan fingerprint density at radius 3 is 2.40 bits per heavy atom. The highest BCUT2D eigenvalue weighted by molar-refractivity contribution is 6.01. The number of anilines is 1. The Labute approximate surface area is 466 Å². The number of β-amino-alcohol motifs (C(OH)–C–C–N with tert-alkyl or cyclic N) is 1. The maximum absolute atomic E-state index is 16.2. The number of allylic oxidation sites excluding steroid dienone is 2. The van der Waals surface area contributed by atoms with E-state index >= 15 is 9.59 Å². The number of nitrogens with one attached hydrogen (secondary N) is 2. The van der Waals surface area contributed by atoms with Crippen molar-refractivity contribution in [1.82, 2.24) is 10.6 Å². The number of Topliss-reactive ketones (excluding diaryl/α,β-unsaturated/α-hetero) is 2. The third-order valence-electron chi connectivity index (χ3n) is 25.2. The molecule has 2 heterocycles. The Balaban J connectivity index is 1.02. The second-order valence-electron chi connectivity index (χ2n) is 29.1. The molecule has 2 aromatic carbocycles. The molecule has 8 fully saturated rings. The number of carbonyl (C=O) groups excluding carboxylic acids is 2. The number of epoxide rings is 1. The number of aliphatic hydroxyl groups excluding tert-OH is 3. The van der Waals surface area contributed by atoms with Gasteiger partial charge in [0, 0.05) is 61.2 Å². The molecule has 11 heteroatoms. The molecular formula is C67H97N3O8. The molecule has 11 nitrogen and oxygen atoms in total. The standard InChI is InChI=1S/C67H97N3O8/c1-62(77)24-8-9-25-63(2)59-54(70-38-62)33-67-45(37-72)21-20-41-19-18-39(36-71)28-49(41)50(31-55(74)61-65(4,78-61)52-17-11-16-48(52)42-12-10-15-46(68)29-42)58-53(64(67,3)34-56(58)75)22-23-57(67)66(59,44-13-6-7-14-44)32-51(60(63)76)43-26-40(35-69-5)27-47(73)30-43/h10,12,15,26-27,29-30,39,41,44-45,48-52,54-55,57,59,61,69-74,77H,6-9,11,13-14,16-25,28,31-38,68H2,1-5H3. The van der Waals surface area contributed by atoms with E-state index in [0.29, 0.717) is 50.6 Å². The summed E-state index contributed by atoms with van der Waals surface area (Å²) in [6.45, 7) is 10.1. The molecule has 1 spiro atoms. The Hall–Kier alpha value is -3.16. The third-order valence-corrected chi connectivity index (χ3v) is 25.2. The van der Waals surface area contributed by atoms with E-state index in [4.69, 9.17) is 10.5 Å². The number of aromatic hydroxyl groups is 1. The van der Waals surface area contributed by atoms with Crippen LogP contribution in [0.5, 0.6) is 5.75 Å². The second-order valence-corrected chi connectivity index (χ2v) is 29.1. The highest BCUT2D eigenvalue weighted by Gasteiger charge is 2.77. The molecule has 2 saturated heterocycles. The van der Waals surface area contributed by atoms with Crippen LogP contribution in [0.25, 0.3) is 0 Å². The first kappa shape index (κ1) is 55.4. The van der Waals surface area contributed by atoms with Crippen LogP contribution in [-0.2, 0) is 20.9 Å². The van der Waals surface area contributed by atoms with Crippen molar-refractivity contribution in [3.05, 3.63) is 70.3 Å². The Kier molecular flexibility index (Phi) is 14.6. The van der Waals surface area contributed by atoms with Crippen molar-refractivity contribution in [2.24, 2.45) is 74.9 Å². The minimum Gasteiger partial charge on any atom is -0.508 e. The number of carbonyl (C=O) groups is 2. The van der Waals surface area contributed by atoms with Crippen LogP contribution in [0.4, 0.5) is 5.69 Å². The van der Waals surface area contributed by atoms with Crippen molar-refractivity contribution in [1.29, 1.82) is 0 Å². The van der Waals surface area contributed by atoms with Crippen LogP contribution in [0.15, 0.2) is 53.6 Å². The fraction of sp³-hybridized carbons (Fsp3) is 0.761. The maximum Gasteiger partial charge on any atom is 0.160 e. The average Bonchev–Trinajstić information content (AvgIpc) is 1.62. The maximum atomic E-state index is 16.2. The number of hydrogen-bond donors (Lipinski definition) is 8. The van der Waals surface area contributed by atoms with E-state index < -0.39 is 39.5 Å². The van der Waals surface area contributed by atoms with Crippen molar-refractivity contribution < 1.29 is 39.9 Å².